The molecule has 0 spiro atoms. The van der Waals surface area contributed by atoms with Crippen LogP contribution in [0.3, 0.4) is 0 Å². The molecule has 6 nitrogen and oxygen atoms in total. The van der Waals surface area contributed by atoms with Crippen molar-refractivity contribution in [1.29, 1.82) is 0 Å². The summed E-state index contributed by atoms with van der Waals surface area (Å²) in [6.07, 6.45) is 0. The van der Waals surface area contributed by atoms with E-state index >= 15 is 0 Å². The van der Waals surface area contributed by atoms with Crippen LogP contribution >= 0.6 is 0 Å². The lowest BCUT2D eigenvalue weighted by Crippen LogP contribution is -2.50. The van der Waals surface area contributed by atoms with Crippen LogP contribution in [-0.4, -0.2) is 43.0 Å². The van der Waals surface area contributed by atoms with E-state index in [1.54, 1.807) is 44.3 Å². The molecule has 0 radical (unpaired) electrons. The number of likely N-dealkylation sites (N-methyl/N-ethyl adjacent to an activating group) is 1. The van der Waals surface area contributed by atoms with Crippen molar-refractivity contribution in [2.45, 2.75) is 26.1 Å². The molecule has 0 bridgehead atoms. The van der Waals surface area contributed by atoms with Crippen LogP contribution in [0.4, 0.5) is 20.2 Å². The topological polar surface area (TPSA) is 61.9 Å². The van der Waals surface area contributed by atoms with Crippen molar-refractivity contribution in [3.05, 3.63) is 54.1 Å². The quantitative estimate of drug-likeness (QED) is 0.825. The fourth-order valence-electron chi connectivity index (χ4n) is 3.05. The maximum Gasteiger partial charge on any atom is 0.387 e. The third kappa shape index (κ3) is 4.45. The molecular weight excluding hydrogens is 368 g/mol. The van der Waals surface area contributed by atoms with Crippen molar-refractivity contribution < 1.29 is 23.1 Å². The number of anilines is 2. The summed E-state index contributed by atoms with van der Waals surface area (Å²) in [6, 6.07) is 12.9. The van der Waals surface area contributed by atoms with Crippen molar-refractivity contribution in [2.75, 3.05) is 23.8 Å². The summed E-state index contributed by atoms with van der Waals surface area (Å²) in [6.45, 7) is -0.695. The maximum absolute atomic E-state index is 13.0. The number of nitrogens with one attached hydrogen (secondary N) is 1. The molecule has 0 aliphatic carbocycles. The number of nitrogens with zero attached hydrogens (tertiary/aromatic N) is 2. The Kier molecular flexibility index (Phi) is 5.89. The van der Waals surface area contributed by atoms with Crippen LogP contribution in [0.2, 0.25) is 0 Å². The van der Waals surface area contributed by atoms with Crippen LogP contribution in [0.15, 0.2) is 48.5 Å². The van der Waals surface area contributed by atoms with Gasteiger partial charge in [-0.2, -0.15) is 8.78 Å². The zero-order valence-corrected chi connectivity index (χ0v) is 15.6. The summed E-state index contributed by atoms with van der Waals surface area (Å²) in [5.41, 5.74) is 2.12. The Hall–Kier alpha value is -3.00. The molecule has 0 saturated heterocycles. The molecule has 1 N–H and O–H groups in total. The number of rotatable bonds is 6. The molecule has 2 aromatic rings. The van der Waals surface area contributed by atoms with Crippen molar-refractivity contribution >= 4 is 23.2 Å². The average Bonchev–Trinajstić information content (AvgIpc) is 2.67. The number of hydrogen-bond acceptors (Lipinski definition) is 4. The third-order valence-electron chi connectivity index (χ3n) is 4.64. The number of amides is 2. The van der Waals surface area contributed by atoms with Gasteiger partial charge in [0.25, 0.3) is 0 Å². The lowest BCUT2D eigenvalue weighted by molar-refractivity contribution is -0.125. The van der Waals surface area contributed by atoms with Crippen molar-refractivity contribution in [2.24, 2.45) is 0 Å². The second-order valence-electron chi connectivity index (χ2n) is 6.60. The molecule has 1 aliphatic heterocycles. The maximum atomic E-state index is 13.0. The van der Waals surface area contributed by atoms with Crippen molar-refractivity contribution in [3.8, 4) is 5.75 Å². The molecule has 8 heteroatoms. The molecule has 2 aromatic carbocycles. The monoisotopic (exact) mass is 389 g/mol. The minimum atomic E-state index is -2.87. The Morgan fingerprint density at radius 1 is 1.21 bits per heavy atom. The second-order valence-corrected chi connectivity index (χ2v) is 6.60. The van der Waals surface area contributed by atoms with Crippen molar-refractivity contribution in [3.63, 3.8) is 0 Å². The highest BCUT2D eigenvalue weighted by Gasteiger charge is 2.31. The largest absolute Gasteiger partial charge is 0.435 e. The van der Waals surface area contributed by atoms with Crippen molar-refractivity contribution in [1.82, 2.24) is 4.90 Å². The van der Waals surface area contributed by atoms with Crippen LogP contribution in [0.5, 0.6) is 5.75 Å². The van der Waals surface area contributed by atoms with Gasteiger partial charge in [0.05, 0.1) is 17.4 Å². The van der Waals surface area contributed by atoms with Gasteiger partial charge in [0.15, 0.2) is 0 Å². The summed E-state index contributed by atoms with van der Waals surface area (Å²) in [5, 5.41) is 2.76. The van der Waals surface area contributed by atoms with E-state index in [9.17, 15) is 18.4 Å². The predicted octanol–water partition coefficient (Wildman–Crippen LogP) is 3.09. The number of carbonyl (C=O) groups excluding carboxylic acids is 2. The van der Waals surface area contributed by atoms with E-state index in [4.69, 9.17) is 0 Å². The molecule has 1 heterocycles. The van der Waals surface area contributed by atoms with E-state index < -0.39 is 12.7 Å². The van der Waals surface area contributed by atoms with E-state index in [0.717, 1.165) is 5.56 Å². The Morgan fingerprint density at radius 2 is 1.89 bits per heavy atom. The summed E-state index contributed by atoms with van der Waals surface area (Å²) >= 11 is 0. The Balaban J connectivity index is 1.68. The SMILES string of the molecule is C[C@@H](C(=O)N1CC(=O)Nc2ccccc21)N(C)Cc1ccc(OC(F)F)cc1. The lowest BCUT2D eigenvalue weighted by atomic mass is 10.1. The molecule has 0 aromatic heterocycles. The highest BCUT2D eigenvalue weighted by atomic mass is 19.3. The fraction of sp³-hybridized carbons (Fsp3) is 0.300. The third-order valence-corrected chi connectivity index (χ3v) is 4.64. The molecule has 1 atom stereocenters. The number of hydrogen-bond donors (Lipinski definition) is 1. The number of fused-ring (bicyclic) bond motifs is 1. The first-order valence-electron chi connectivity index (χ1n) is 8.79. The van der Waals surface area contributed by atoms with Crippen LogP contribution in [-0.2, 0) is 16.1 Å². The number of benzene rings is 2. The number of carbonyl (C=O) groups is 2. The second kappa shape index (κ2) is 8.35. The Bertz CT molecular complexity index is 858. The highest BCUT2D eigenvalue weighted by molar-refractivity contribution is 6.11. The smallest absolute Gasteiger partial charge is 0.387 e. The lowest BCUT2D eigenvalue weighted by Gasteiger charge is -2.33. The van der Waals surface area contributed by atoms with Gasteiger partial charge in [-0.3, -0.25) is 19.4 Å². The number of para-hydroxylation sites is 2. The highest BCUT2D eigenvalue weighted by Crippen LogP contribution is 2.29. The molecule has 0 saturated carbocycles. The molecule has 1 aliphatic rings. The van der Waals surface area contributed by atoms with Crippen LogP contribution in [0.1, 0.15) is 12.5 Å². The first-order chi connectivity index (χ1) is 13.3. The van der Waals surface area contributed by atoms with Crippen LogP contribution < -0.4 is 15.0 Å². The predicted molar refractivity (Wildman–Crippen MR) is 101 cm³/mol. The minimum absolute atomic E-state index is 0.0340. The number of ether oxygens (including phenoxy) is 1. The average molecular weight is 389 g/mol. The zero-order chi connectivity index (χ0) is 20.3. The number of alkyl halides is 2. The van der Waals surface area contributed by atoms with E-state index in [0.29, 0.717) is 17.9 Å². The number of halogens is 2. The van der Waals surface area contributed by atoms with Gasteiger partial charge < -0.3 is 10.1 Å². The van der Waals surface area contributed by atoms with Gasteiger partial charge in [0.2, 0.25) is 11.8 Å². The Morgan fingerprint density at radius 3 is 2.57 bits per heavy atom. The van der Waals surface area contributed by atoms with E-state index in [1.165, 1.54) is 17.0 Å². The first-order valence-corrected chi connectivity index (χ1v) is 8.79. The van der Waals surface area contributed by atoms with Gasteiger partial charge in [-0.25, -0.2) is 0 Å². The van der Waals surface area contributed by atoms with E-state index in [-0.39, 0.29) is 24.1 Å². The molecule has 0 unspecified atom stereocenters. The normalized spacial score (nSPS) is 14.6. The van der Waals surface area contributed by atoms with Crippen LogP contribution in [0, 0.1) is 0 Å². The Labute approximate surface area is 161 Å². The van der Waals surface area contributed by atoms with Gasteiger partial charge in [0, 0.05) is 6.54 Å². The van der Waals surface area contributed by atoms with E-state index in [2.05, 4.69) is 10.1 Å². The zero-order valence-electron chi connectivity index (χ0n) is 15.6. The molecule has 3 rings (SSSR count). The molecule has 0 fully saturated rings. The molecule has 28 heavy (non-hydrogen) atoms. The van der Waals surface area contributed by atoms with Gasteiger partial charge in [-0.15, -0.1) is 0 Å². The van der Waals surface area contributed by atoms with Gasteiger partial charge in [-0.1, -0.05) is 24.3 Å². The summed E-state index contributed by atoms with van der Waals surface area (Å²) in [7, 11) is 1.79. The van der Waals surface area contributed by atoms with Crippen LogP contribution in [0.25, 0.3) is 0 Å². The summed E-state index contributed by atoms with van der Waals surface area (Å²) < 4.78 is 28.8. The standard InChI is InChI=1S/C20H21F2N3O3/c1-13(24(2)11-14-7-9-15(10-8-14)28-20(21)22)19(27)25-12-18(26)23-16-5-3-4-6-17(16)25/h3-10,13,20H,11-12H2,1-2H3,(H,23,26)/t13-/m0/s1. The van der Waals surface area contributed by atoms with Gasteiger partial charge in [-0.05, 0) is 43.8 Å². The first kappa shape index (κ1) is 19.8. The van der Waals surface area contributed by atoms with Gasteiger partial charge >= 0.3 is 6.61 Å². The molecular formula is C20H21F2N3O3. The molecule has 2 amide bonds. The van der Waals surface area contributed by atoms with E-state index in [1.807, 2.05) is 11.0 Å². The van der Waals surface area contributed by atoms with Gasteiger partial charge in [0.1, 0.15) is 12.3 Å². The fourth-order valence-corrected chi connectivity index (χ4v) is 3.05. The summed E-state index contributed by atoms with van der Waals surface area (Å²) in [5.74, 6) is -0.347. The minimum Gasteiger partial charge on any atom is -0.435 e. The molecule has 148 valence electrons. The summed E-state index contributed by atoms with van der Waals surface area (Å²) in [4.78, 5) is 28.3.